The van der Waals surface area contributed by atoms with Crippen molar-refractivity contribution in [2.75, 3.05) is 6.54 Å². The number of hydrogen-bond donors (Lipinski definition) is 0. The maximum atomic E-state index is 4.01. The van der Waals surface area contributed by atoms with Crippen molar-refractivity contribution in [3.8, 4) is 0 Å². The molecule has 0 aromatic rings. The molecule has 52 valence electrons. The lowest BCUT2D eigenvalue weighted by molar-refractivity contribution is 0.441. The van der Waals surface area contributed by atoms with E-state index in [1.165, 1.54) is 0 Å². The van der Waals surface area contributed by atoms with Gasteiger partial charge in [0.05, 0.1) is 6.54 Å². The first kappa shape index (κ1) is 6.74. The lowest BCUT2D eigenvalue weighted by Gasteiger charge is -2.12. The van der Waals surface area contributed by atoms with Crippen LogP contribution in [0, 0.1) is 0 Å². The summed E-state index contributed by atoms with van der Waals surface area (Å²) < 4.78 is 0. The molecule has 0 saturated heterocycles. The van der Waals surface area contributed by atoms with Crippen LogP contribution in [0.2, 0.25) is 0 Å². The molecule has 0 aromatic heterocycles. The minimum Gasteiger partial charge on any atom is -0.271 e. The van der Waals surface area contributed by atoms with Gasteiger partial charge < -0.3 is 0 Å². The summed E-state index contributed by atoms with van der Waals surface area (Å²) in [6, 6.07) is 0. The summed E-state index contributed by atoms with van der Waals surface area (Å²) >= 11 is 0. The highest BCUT2D eigenvalue weighted by atomic mass is 15.4. The van der Waals surface area contributed by atoms with E-state index < -0.39 is 0 Å². The second kappa shape index (κ2) is 3.61. The van der Waals surface area contributed by atoms with E-state index in [0.717, 1.165) is 6.54 Å². The van der Waals surface area contributed by atoms with Gasteiger partial charge >= 0.3 is 0 Å². The number of rotatable bonds is 2. The fourth-order valence-electron chi connectivity index (χ4n) is 0.624. The van der Waals surface area contributed by atoms with Gasteiger partial charge in [0, 0.05) is 18.6 Å². The van der Waals surface area contributed by atoms with E-state index in [2.05, 4.69) is 16.8 Å². The third kappa shape index (κ3) is 1.85. The smallest absolute Gasteiger partial charge is 0.0594 e. The Kier molecular flexibility index (Phi) is 2.43. The molecule has 0 fully saturated rings. The van der Waals surface area contributed by atoms with Crippen LogP contribution in [0.4, 0.5) is 0 Å². The van der Waals surface area contributed by atoms with Crippen molar-refractivity contribution in [3.05, 3.63) is 24.6 Å². The first-order valence-electron chi connectivity index (χ1n) is 3.02. The topological polar surface area (TPSA) is 28.0 Å². The number of aliphatic imine (C=N–C) groups is 1. The van der Waals surface area contributed by atoms with Gasteiger partial charge in [0.25, 0.3) is 0 Å². The van der Waals surface area contributed by atoms with Crippen LogP contribution < -0.4 is 0 Å². The molecule has 0 spiro atoms. The molecular weight excluding hydrogens is 126 g/mol. The van der Waals surface area contributed by atoms with Crippen LogP contribution in [0.15, 0.2) is 34.6 Å². The first-order chi connectivity index (χ1) is 4.93. The van der Waals surface area contributed by atoms with E-state index in [1.807, 2.05) is 12.2 Å². The molecule has 0 amide bonds. The molecule has 0 N–H and O–H groups in total. The van der Waals surface area contributed by atoms with Gasteiger partial charge in [-0.1, -0.05) is 6.08 Å². The lowest BCUT2D eigenvalue weighted by atomic mass is 10.5. The predicted octanol–water partition coefficient (Wildman–Crippen LogP) is 1.02. The van der Waals surface area contributed by atoms with Crippen LogP contribution in [0.1, 0.15) is 0 Å². The molecule has 0 aromatic carbocycles. The monoisotopic (exact) mass is 135 g/mol. The highest BCUT2D eigenvalue weighted by molar-refractivity contribution is 5.71. The summed E-state index contributed by atoms with van der Waals surface area (Å²) in [6.45, 7) is 4.12. The van der Waals surface area contributed by atoms with Crippen molar-refractivity contribution in [1.82, 2.24) is 5.01 Å². The third-order valence-corrected chi connectivity index (χ3v) is 1.07. The van der Waals surface area contributed by atoms with Crippen molar-refractivity contribution in [2.45, 2.75) is 0 Å². The average Bonchev–Trinajstić information content (AvgIpc) is 2.03. The minimum absolute atomic E-state index is 0.808. The Hall–Kier alpha value is -1.38. The van der Waals surface area contributed by atoms with E-state index in [9.17, 15) is 0 Å². The zero-order chi connectivity index (χ0) is 7.23. The Bertz CT molecular complexity index is 191. The summed E-state index contributed by atoms with van der Waals surface area (Å²) in [4.78, 5) is 3.56. The highest BCUT2D eigenvalue weighted by Gasteiger charge is 1.92. The molecule has 0 unspecified atom stereocenters. The zero-order valence-corrected chi connectivity index (χ0v) is 5.64. The van der Waals surface area contributed by atoms with Crippen LogP contribution in [-0.4, -0.2) is 24.5 Å². The van der Waals surface area contributed by atoms with E-state index in [4.69, 9.17) is 0 Å². The minimum atomic E-state index is 0.808. The van der Waals surface area contributed by atoms with Crippen molar-refractivity contribution < 1.29 is 0 Å². The van der Waals surface area contributed by atoms with Crippen LogP contribution in [0.25, 0.3) is 0 Å². The second-order valence-electron chi connectivity index (χ2n) is 1.80. The molecule has 1 aliphatic rings. The molecule has 1 heterocycles. The first-order valence-corrected chi connectivity index (χ1v) is 3.02. The Labute approximate surface area is 60.1 Å². The van der Waals surface area contributed by atoms with E-state index in [-0.39, 0.29) is 0 Å². The Morgan fingerprint density at radius 2 is 2.60 bits per heavy atom. The maximum absolute atomic E-state index is 4.01. The maximum Gasteiger partial charge on any atom is 0.0594 e. The van der Waals surface area contributed by atoms with Crippen LogP contribution in [0.5, 0.6) is 0 Å². The van der Waals surface area contributed by atoms with Crippen molar-refractivity contribution in [2.24, 2.45) is 10.1 Å². The number of nitrogens with zero attached hydrogens (tertiary/aromatic N) is 3. The van der Waals surface area contributed by atoms with Crippen molar-refractivity contribution in [1.29, 1.82) is 0 Å². The van der Waals surface area contributed by atoms with Gasteiger partial charge in [0.1, 0.15) is 0 Å². The van der Waals surface area contributed by atoms with Gasteiger partial charge in [-0.2, -0.15) is 5.10 Å². The van der Waals surface area contributed by atoms with Crippen LogP contribution in [-0.2, 0) is 0 Å². The lowest BCUT2D eigenvalue weighted by Crippen LogP contribution is -2.11. The van der Waals surface area contributed by atoms with Crippen LogP contribution >= 0.6 is 0 Å². The fraction of sp³-hybridized carbons (Fsp3) is 0.143. The number of hydrazone groups is 1. The summed E-state index contributed by atoms with van der Waals surface area (Å²) in [5.74, 6) is 0. The molecule has 1 rings (SSSR count). The predicted molar refractivity (Wildman–Crippen MR) is 43.0 cm³/mol. The third-order valence-electron chi connectivity index (χ3n) is 1.07. The van der Waals surface area contributed by atoms with E-state index in [0.29, 0.717) is 0 Å². The Balaban J connectivity index is 2.43. The average molecular weight is 135 g/mol. The highest BCUT2D eigenvalue weighted by Crippen LogP contribution is 1.95. The Morgan fingerprint density at radius 1 is 1.70 bits per heavy atom. The molecule has 3 heteroatoms. The normalized spacial score (nSPS) is 16.6. The molecule has 0 radical (unpaired) electrons. The molecule has 0 bridgehead atoms. The van der Waals surface area contributed by atoms with Gasteiger partial charge in [-0.15, -0.1) is 0 Å². The number of allylic oxidation sites excluding steroid dienone is 1. The van der Waals surface area contributed by atoms with Crippen LogP contribution in [0.3, 0.4) is 0 Å². The standard InChI is InChI=1S/C7H9N3/c1-8-5-7-10-6-3-2-4-9-10/h2-5,7H,1,6H2/b7-5-. The molecule has 3 nitrogen and oxygen atoms in total. The van der Waals surface area contributed by atoms with Crippen molar-refractivity contribution in [3.63, 3.8) is 0 Å². The zero-order valence-electron chi connectivity index (χ0n) is 5.64. The summed E-state index contributed by atoms with van der Waals surface area (Å²) in [7, 11) is 0. The molecule has 0 saturated carbocycles. The largest absolute Gasteiger partial charge is 0.271 e. The van der Waals surface area contributed by atoms with Gasteiger partial charge in [0.15, 0.2) is 0 Å². The van der Waals surface area contributed by atoms with Gasteiger partial charge in [-0.3, -0.25) is 10.0 Å². The van der Waals surface area contributed by atoms with E-state index >= 15 is 0 Å². The van der Waals surface area contributed by atoms with Gasteiger partial charge in [-0.05, 0) is 12.8 Å². The summed E-state index contributed by atoms with van der Waals surface area (Å²) in [5.41, 5.74) is 0. The van der Waals surface area contributed by atoms with Crippen molar-refractivity contribution >= 4 is 12.9 Å². The van der Waals surface area contributed by atoms with Gasteiger partial charge in [-0.25, -0.2) is 0 Å². The molecule has 1 aliphatic heterocycles. The SMILES string of the molecule is C=N/C=C\N1CC=CC=N1. The molecular formula is C7H9N3. The molecule has 0 aliphatic carbocycles. The fourth-order valence-corrected chi connectivity index (χ4v) is 0.624. The number of hydrogen-bond acceptors (Lipinski definition) is 3. The Morgan fingerprint density at radius 3 is 3.20 bits per heavy atom. The quantitative estimate of drug-likeness (QED) is 0.519. The molecule has 0 atom stereocenters. The van der Waals surface area contributed by atoms with Gasteiger partial charge in [0.2, 0.25) is 0 Å². The summed E-state index contributed by atoms with van der Waals surface area (Å²) in [6.07, 6.45) is 9.03. The second-order valence-corrected chi connectivity index (χ2v) is 1.80. The summed E-state index contributed by atoms with van der Waals surface area (Å²) in [5, 5.41) is 5.79. The van der Waals surface area contributed by atoms with E-state index in [1.54, 1.807) is 23.6 Å². The molecule has 10 heavy (non-hydrogen) atoms.